The van der Waals surface area contributed by atoms with E-state index in [4.69, 9.17) is 0 Å². The van der Waals surface area contributed by atoms with Gasteiger partial charge in [-0.05, 0) is 63.5 Å². The van der Waals surface area contributed by atoms with Gasteiger partial charge < -0.3 is 9.80 Å². The first-order valence-electron chi connectivity index (χ1n) is 9.68. The van der Waals surface area contributed by atoms with E-state index in [0.717, 1.165) is 44.3 Å². The van der Waals surface area contributed by atoms with E-state index in [0.29, 0.717) is 17.9 Å². The van der Waals surface area contributed by atoms with Gasteiger partial charge in [0.05, 0.1) is 0 Å². The van der Waals surface area contributed by atoms with E-state index in [1.54, 1.807) is 0 Å². The molecule has 126 valence electrons. The summed E-state index contributed by atoms with van der Waals surface area (Å²) in [5, 5.41) is 0. The molecule has 1 saturated carbocycles. The Hall–Kier alpha value is -0.570. The third kappa shape index (κ3) is 3.67. The highest BCUT2D eigenvalue weighted by atomic mass is 16.2. The van der Waals surface area contributed by atoms with Crippen LogP contribution in [0.2, 0.25) is 0 Å². The molecule has 1 atom stereocenters. The van der Waals surface area contributed by atoms with Crippen molar-refractivity contribution in [3.05, 3.63) is 0 Å². The summed E-state index contributed by atoms with van der Waals surface area (Å²) in [6, 6.07) is 0.587. The average molecular weight is 306 g/mol. The molecule has 1 unspecified atom stereocenters. The summed E-state index contributed by atoms with van der Waals surface area (Å²) >= 11 is 0. The van der Waals surface area contributed by atoms with Gasteiger partial charge in [-0.15, -0.1) is 0 Å². The highest BCUT2D eigenvalue weighted by Crippen LogP contribution is 2.36. The second-order valence-electron chi connectivity index (χ2n) is 8.25. The molecule has 3 aliphatic rings. The highest BCUT2D eigenvalue weighted by Gasteiger charge is 2.38. The number of likely N-dealkylation sites (tertiary alicyclic amines) is 2. The molecule has 1 amide bonds. The Balaban J connectivity index is 1.53. The van der Waals surface area contributed by atoms with Crippen molar-refractivity contribution >= 4 is 5.91 Å². The van der Waals surface area contributed by atoms with Crippen molar-refractivity contribution < 1.29 is 4.79 Å². The topological polar surface area (TPSA) is 23.6 Å². The van der Waals surface area contributed by atoms with Crippen LogP contribution < -0.4 is 0 Å². The lowest BCUT2D eigenvalue weighted by Gasteiger charge is -2.36. The first kappa shape index (κ1) is 16.3. The Morgan fingerprint density at radius 2 is 1.64 bits per heavy atom. The Morgan fingerprint density at radius 1 is 0.955 bits per heavy atom. The lowest BCUT2D eigenvalue weighted by atomic mass is 9.92. The molecule has 3 fully saturated rings. The van der Waals surface area contributed by atoms with E-state index < -0.39 is 0 Å². The van der Waals surface area contributed by atoms with Crippen LogP contribution in [-0.4, -0.2) is 47.9 Å². The molecule has 22 heavy (non-hydrogen) atoms. The van der Waals surface area contributed by atoms with Gasteiger partial charge in [0.1, 0.15) is 0 Å². The van der Waals surface area contributed by atoms with Crippen LogP contribution >= 0.6 is 0 Å². The van der Waals surface area contributed by atoms with Crippen LogP contribution in [0.3, 0.4) is 0 Å². The molecule has 2 aliphatic heterocycles. The van der Waals surface area contributed by atoms with E-state index in [1.807, 2.05) is 0 Å². The van der Waals surface area contributed by atoms with Gasteiger partial charge in [0.15, 0.2) is 0 Å². The summed E-state index contributed by atoms with van der Waals surface area (Å²) in [6.07, 6.45) is 10.2. The Morgan fingerprint density at radius 3 is 2.27 bits per heavy atom. The zero-order valence-electron chi connectivity index (χ0n) is 14.6. The molecule has 2 heterocycles. The molecular weight excluding hydrogens is 272 g/mol. The van der Waals surface area contributed by atoms with Gasteiger partial charge in [0, 0.05) is 25.0 Å². The molecule has 0 radical (unpaired) electrons. The number of nitrogens with zero attached hydrogens (tertiary/aromatic N) is 2. The van der Waals surface area contributed by atoms with E-state index in [1.165, 1.54) is 45.1 Å². The molecular formula is C19H34N2O. The van der Waals surface area contributed by atoms with Gasteiger partial charge in [0.2, 0.25) is 5.91 Å². The number of piperidine rings is 1. The molecule has 3 nitrogen and oxygen atoms in total. The number of rotatable bonds is 4. The second-order valence-corrected chi connectivity index (χ2v) is 8.25. The maximum Gasteiger partial charge on any atom is 0.226 e. The predicted octanol–water partition coefficient (Wildman–Crippen LogP) is 3.54. The molecule has 0 aromatic rings. The summed E-state index contributed by atoms with van der Waals surface area (Å²) in [5.74, 6) is 2.36. The summed E-state index contributed by atoms with van der Waals surface area (Å²) in [6.45, 7) is 9.04. The van der Waals surface area contributed by atoms with E-state index in [-0.39, 0.29) is 0 Å². The number of carbonyl (C=O) groups excluding carboxylic acids is 1. The molecule has 2 saturated heterocycles. The van der Waals surface area contributed by atoms with Crippen molar-refractivity contribution in [2.75, 3.05) is 26.2 Å². The summed E-state index contributed by atoms with van der Waals surface area (Å²) in [5.41, 5.74) is 0. The fraction of sp³-hybridized carbons (Fsp3) is 0.947. The van der Waals surface area contributed by atoms with E-state index >= 15 is 0 Å². The monoisotopic (exact) mass is 306 g/mol. The van der Waals surface area contributed by atoms with Gasteiger partial charge in [-0.2, -0.15) is 0 Å². The van der Waals surface area contributed by atoms with Crippen molar-refractivity contribution in [3.8, 4) is 0 Å². The minimum Gasteiger partial charge on any atom is -0.339 e. The second kappa shape index (κ2) is 7.33. The van der Waals surface area contributed by atoms with Crippen molar-refractivity contribution in [1.82, 2.24) is 9.80 Å². The summed E-state index contributed by atoms with van der Waals surface area (Å²) < 4.78 is 0. The fourth-order valence-corrected chi connectivity index (χ4v) is 5.01. The maximum atomic E-state index is 13.0. The van der Waals surface area contributed by atoms with E-state index in [9.17, 15) is 4.79 Å². The van der Waals surface area contributed by atoms with Crippen molar-refractivity contribution in [1.29, 1.82) is 0 Å². The van der Waals surface area contributed by atoms with Gasteiger partial charge >= 0.3 is 0 Å². The predicted molar refractivity (Wildman–Crippen MR) is 90.7 cm³/mol. The van der Waals surface area contributed by atoms with Crippen LogP contribution in [0.15, 0.2) is 0 Å². The minimum atomic E-state index is 0.311. The SMILES string of the molecule is CC(C)CN1CCC(C(=O)N2CCCC2C2CCCC2)CC1. The first-order valence-corrected chi connectivity index (χ1v) is 9.68. The normalized spacial score (nSPS) is 28.9. The third-order valence-corrected chi connectivity index (χ3v) is 6.09. The quantitative estimate of drug-likeness (QED) is 0.793. The highest BCUT2D eigenvalue weighted by molar-refractivity contribution is 5.79. The zero-order chi connectivity index (χ0) is 15.5. The van der Waals surface area contributed by atoms with Crippen molar-refractivity contribution in [2.45, 2.75) is 71.3 Å². The molecule has 3 rings (SSSR count). The molecule has 3 heteroatoms. The minimum absolute atomic E-state index is 0.311. The van der Waals surface area contributed by atoms with Gasteiger partial charge in [-0.25, -0.2) is 0 Å². The van der Waals surface area contributed by atoms with Gasteiger partial charge in [0.25, 0.3) is 0 Å². The molecule has 0 spiro atoms. The van der Waals surface area contributed by atoms with Crippen LogP contribution in [0.25, 0.3) is 0 Å². The number of hydrogen-bond donors (Lipinski definition) is 0. The third-order valence-electron chi connectivity index (χ3n) is 6.09. The van der Waals surface area contributed by atoms with Crippen LogP contribution in [0.4, 0.5) is 0 Å². The lowest BCUT2D eigenvalue weighted by molar-refractivity contribution is -0.138. The molecule has 0 N–H and O–H groups in total. The molecule has 0 aromatic heterocycles. The van der Waals surface area contributed by atoms with Gasteiger partial charge in [-0.1, -0.05) is 26.7 Å². The Labute approximate surface area is 136 Å². The Kier molecular flexibility index (Phi) is 5.43. The van der Waals surface area contributed by atoms with Crippen LogP contribution in [0, 0.1) is 17.8 Å². The number of amides is 1. The Bertz CT molecular complexity index is 368. The van der Waals surface area contributed by atoms with Crippen LogP contribution in [0.1, 0.15) is 65.2 Å². The average Bonchev–Trinajstić information content (AvgIpc) is 3.17. The molecule has 0 aromatic carbocycles. The smallest absolute Gasteiger partial charge is 0.226 e. The fourth-order valence-electron chi connectivity index (χ4n) is 5.01. The standard InChI is InChI=1S/C19H34N2O/c1-15(2)14-20-12-9-17(10-13-20)19(22)21-11-5-8-18(21)16-6-3-4-7-16/h15-18H,3-14H2,1-2H3. The molecule has 0 bridgehead atoms. The maximum absolute atomic E-state index is 13.0. The van der Waals surface area contributed by atoms with Crippen LogP contribution in [0.5, 0.6) is 0 Å². The largest absolute Gasteiger partial charge is 0.339 e. The lowest BCUT2D eigenvalue weighted by Crippen LogP contribution is -2.46. The number of hydrogen-bond acceptors (Lipinski definition) is 2. The van der Waals surface area contributed by atoms with Crippen molar-refractivity contribution in [3.63, 3.8) is 0 Å². The van der Waals surface area contributed by atoms with Gasteiger partial charge in [-0.3, -0.25) is 4.79 Å². The van der Waals surface area contributed by atoms with E-state index in [2.05, 4.69) is 23.6 Å². The summed E-state index contributed by atoms with van der Waals surface area (Å²) in [7, 11) is 0. The molecule has 1 aliphatic carbocycles. The number of carbonyl (C=O) groups is 1. The van der Waals surface area contributed by atoms with Crippen LogP contribution in [-0.2, 0) is 4.79 Å². The zero-order valence-corrected chi connectivity index (χ0v) is 14.6. The first-order chi connectivity index (χ1) is 10.6. The van der Waals surface area contributed by atoms with Crippen molar-refractivity contribution in [2.24, 2.45) is 17.8 Å². The summed E-state index contributed by atoms with van der Waals surface area (Å²) in [4.78, 5) is 17.9.